The number of carbonyl (C=O) groups is 4. The van der Waals surface area contributed by atoms with Crippen LogP contribution in [0.1, 0.15) is 408 Å². The van der Waals surface area contributed by atoms with Crippen LogP contribution < -0.4 is 0 Å². The van der Waals surface area contributed by atoms with Gasteiger partial charge in [-0.3, -0.25) is 37.3 Å². The first-order chi connectivity index (χ1) is 47.3. The number of esters is 4. The molecule has 0 saturated carbocycles. The Morgan fingerprint density at radius 1 is 0.296 bits per heavy atom. The van der Waals surface area contributed by atoms with Crippen LogP contribution in [0.4, 0.5) is 0 Å². The third-order valence-electron chi connectivity index (χ3n) is 18.7. The molecule has 6 atom stereocenters. The van der Waals surface area contributed by atoms with Crippen LogP contribution in [0.25, 0.3) is 0 Å². The molecule has 3 N–H and O–H groups in total. The summed E-state index contributed by atoms with van der Waals surface area (Å²) in [4.78, 5) is 72.9. The summed E-state index contributed by atoms with van der Waals surface area (Å²) in [6.07, 6.45) is 56.9. The molecule has 0 aliphatic heterocycles. The molecule has 19 heteroatoms. The van der Waals surface area contributed by atoms with E-state index in [-0.39, 0.29) is 25.7 Å². The standard InChI is InChI=1S/C79H154O17P2/c1-8-10-11-12-13-14-15-16-17-18-19-20-21-22-23-24-32-41-48-55-62-78(83)95-74(66-89-76(81)60-53-46-39-31-28-26-30-38-45-52-59-72(7)9-2)68-93-97(85,86)91-64-73(80)65-92-98(87,88)94-69-75(67-90-77(82)61-54-47-40-35-34-37-44-51-58-71(5)6)96-79(84)63-56-49-42-33-27-25-29-36-43-50-57-70(3)4/h70-75,80H,8-69H2,1-7H3,(H,85,86)(H,87,88)/t72?,73-,74-,75-/m1/s1. The second-order valence-corrected chi connectivity index (χ2v) is 32.6. The van der Waals surface area contributed by atoms with E-state index in [1.165, 1.54) is 218 Å². The lowest BCUT2D eigenvalue weighted by molar-refractivity contribution is -0.161. The molecule has 98 heavy (non-hydrogen) atoms. The first-order valence-electron chi connectivity index (χ1n) is 40.9. The van der Waals surface area contributed by atoms with E-state index < -0.39 is 97.5 Å². The van der Waals surface area contributed by atoms with E-state index in [2.05, 4.69) is 48.5 Å². The summed E-state index contributed by atoms with van der Waals surface area (Å²) >= 11 is 0. The molecule has 3 unspecified atom stereocenters. The molecule has 0 heterocycles. The molecule has 0 aliphatic rings. The molecular weight excluding hydrogens is 1280 g/mol. The minimum absolute atomic E-state index is 0.105. The predicted molar refractivity (Wildman–Crippen MR) is 400 cm³/mol. The van der Waals surface area contributed by atoms with Crippen LogP contribution in [0.3, 0.4) is 0 Å². The first kappa shape index (κ1) is 96.1. The minimum atomic E-state index is -4.96. The smallest absolute Gasteiger partial charge is 0.462 e. The maximum atomic E-state index is 13.1. The summed E-state index contributed by atoms with van der Waals surface area (Å²) in [5, 5.41) is 10.6. The number of carbonyl (C=O) groups excluding carboxylic acids is 4. The maximum Gasteiger partial charge on any atom is 0.472 e. The molecule has 0 spiro atoms. The highest BCUT2D eigenvalue weighted by Crippen LogP contribution is 2.45. The quantitative estimate of drug-likeness (QED) is 0.0222. The van der Waals surface area contributed by atoms with Gasteiger partial charge in [-0.25, -0.2) is 9.13 Å². The van der Waals surface area contributed by atoms with E-state index in [9.17, 15) is 43.2 Å². The van der Waals surface area contributed by atoms with E-state index in [0.717, 1.165) is 108 Å². The van der Waals surface area contributed by atoms with E-state index in [1.54, 1.807) is 0 Å². The summed E-state index contributed by atoms with van der Waals surface area (Å²) in [7, 11) is -9.92. The largest absolute Gasteiger partial charge is 0.472 e. The lowest BCUT2D eigenvalue weighted by atomic mass is 9.99. The number of hydrogen-bond acceptors (Lipinski definition) is 15. The molecule has 0 aromatic carbocycles. The summed E-state index contributed by atoms with van der Waals surface area (Å²) in [6, 6.07) is 0. The average molecular weight is 1440 g/mol. The highest BCUT2D eigenvalue weighted by atomic mass is 31.2. The van der Waals surface area contributed by atoms with Crippen molar-refractivity contribution in [3.63, 3.8) is 0 Å². The molecule has 0 rings (SSSR count). The Kier molecular flexibility index (Phi) is 68.1. The van der Waals surface area contributed by atoms with Gasteiger partial charge in [0.2, 0.25) is 0 Å². The minimum Gasteiger partial charge on any atom is -0.462 e. The number of phosphoric ester groups is 2. The van der Waals surface area contributed by atoms with Gasteiger partial charge in [-0.2, -0.15) is 0 Å². The van der Waals surface area contributed by atoms with Crippen LogP contribution in [0, 0.1) is 17.8 Å². The third-order valence-corrected chi connectivity index (χ3v) is 20.6. The van der Waals surface area contributed by atoms with Crippen molar-refractivity contribution in [3.8, 4) is 0 Å². The summed E-state index contributed by atoms with van der Waals surface area (Å²) in [5.41, 5.74) is 0. The Bertz CT molecular complexity index is 1910. The molecular formula is C79H154O17P2. The van der Waals surface area contributed by atoms with Crippen molar-refractivity contribution in [1.29, 1.82) is 0 Å². The molecule has 17 nitrogen and oxygen atoms in total. The Balaban J connectivity index is 5.24. The SMILES string of the molecule is CCCCCCCCCCCCCCCCCCCCCCC(=O)O[C@H](COC(=O)CCCCCCCCCCCCC(C)CC)COP(=O)(O)OC[C@@H](O)COP(=O)(O)OC[C@@H](COC(=O)CCCCCCCCCCC(C)C)OC(=O)CCCCCCCCCCCCC(C)C. The van der Waals surface area contributed by atoms with Gasteiger partial charge in [-0.05, 0) is 43.4 Å². The van der Waals surface area contributed by atoms with Gasteiger partial charge < -0.3 is 33.8 Å². The topological polar surface area (TPSA) is 237 Å². The summed E-state index contributed by atoms with van der Waals surface area (Å²) in [5.74, 6) is 0.173. The lowest BCUT2D eigenvalue weighted by Gasteiger charge is -2.21. The van der Waals surface area contributed by atoms with Crippen LogP contribution in [-0.2, 0) is 65.4 Å². The lowest BCUT2D eigenvalue weighted by Crippen LogP contribution is -2.30. The van der Waals surface area contributed by atoms with Crippen LogP contribution in [0.5, 0.6) is 0 Å². The van der Waals surface area contributed by atoms with E-state index in [1.807, 2.05) is 0 Å². The summed E-state index contributed by atoms with van der Waals surface area (Å²) in [6.45, 7) is 11.9. The Labute approximate surface area is 600 Å². The van der Waals surface area contributed by atoms with Crippen LogP contribution in [-0.4, -0.2) is 96.7 Å². The first-order valence-corrected chi connectivity index (χ1v) is 43.9. The second-order valence-electron chi connectivity index (χ2n) is 29.6. The van der Waals surface area contributed by atoms with Crippen molar-refractivity contribution in [2.24, 2.45) is 17.8 Å². The van der Waals surface area contributed by atoms with Crippen molar-refractivity contribution < 1.29 is 80.2 Å². The van der Waals surface area contributed by atoms with Gasteiger partial charge in [-0.15, -0.1) is 0 Å². The fraction of sp³-hybridized carbons (Fsp3) is 0.949. The van der Waals surface area contributed by atoms with Gasteiger partial charge in [-0.1, -0.05) is 357 Å². The van der Waals surface area contributed by atoms with Crippen LogP contribution in [0.15, 0.2) is 0 Å². The molecule has 0 amide bonds. The number of unbranched alkanes of at least 4 members (excludes halogenated alkanes) is 44. The Morgan fingerprint density at radius 3 is 0.776 bits per heavy atom. The number of ether oxygens (including phenoxy) is 4. The normalized spacial score (nSPS) is 14.3. The molecule has 0 aliphatic carbocycles. The van der Waals surface area contributed by atoms with Gasteiger partial charge in [0, 0.05) is 25.7 Å². The average Bonchev–Trinajstić information content (AvgIpc) is 2.36. The van der Waals surface area contributed by atoms with Gasteiger partial charge in [0.15, 0.2) is 12.2 Å². The monoisotopic (exact) mass is 1440 g/mol. The third kappa shape index (κ3) is 71.1. The molecule has 0 aromatic rings. The number of rotatable bonds is 77. The van der Waals surface area contributed by atoms with Crippen LogP contribution >= 0.6 is 15.6 Å². The van der Waals surface area contributed by atoms with Gasteiger partial charge >= 0.3 is 39.5 Å². The maximum absolute atomic E-state index is 13.1. The highest BCUT2D eigenvalue weighted by Gasteiger charge is 2.30. The van der Waals surface area contributed by atoms with E-state index >= 15 is 0 Å². The Morgan fingerprint density at radius 2 is 0.520 bits per heavy atom. The van der Waals surface area contributed by atoms with E-state index in [4.69, 9.17) is 37.0 Å². The van der Waals surface area contributed by atoms with Gasteiger partial charge in [0.1, 0.15) is 19.3 Å². The zero-order valence-electron chi connectivity index (χ0n) is 64.3. The zero-order chi connectivity index (χ0) is 72.3. The number of phosphoric acid groups is 2. The number of hydrogen-bond donors (Lipinski definition) is 3. The second kappa shape index (κ2) is 69.4. The van der Waals surface area contributed by atoms with Gasteiger partial charge in [0.05, 0.1) is 26.4 Å². The molecule has 0 saturated heterocycles. The fourth-order valence-electron chi connectivity index (χ4n) is 12.1. The van der Waals surface area contributed by atoms with Crippen molar-refractivity contribution >= 4 is 39.5 Å². The molecule has 0 bridgehead atoms. The molecule has 0 fully saturated rings. The number of aliphatic hydroxyl groups is 1. The van der Waals surface area contributed by atoms with Crippen molar-refractivity contribution in [3.05, 3.63) is 0 Å². The summed E-state index contributed by atoms with van der Waals surface area (Å²) < 4.78 is 68.6. The molecule has 0 radical (unpaired) electrons. The van der Waals surface area contributed by atoms with Crippen molar-refractivity contribution in [2.75, 3.05) is 39.6 Å². The molecule has 0 aromatic heterocycles. The fourth-order valence-corrected chi connectivity index (χ4v) is 13.7. The zero-order valence-corrected chi connectivity index (χ0v) is 66.0. The molecule has 582 valence electrons. The van der Waals surface area contributed by atoms with Gasteiger partial charge in [0.25, 0.3) is 0 Å². The van der Waals surface area contributed by atoms with E-state index in [0.29, 0.717) is 25.7 Å². The van der Waals surface area contributed by atoms with Crippen LogP contribution in [0.2, 0.25) is 0 Å². The highest BCUT2D eigenvalue weighted by molar-refractivity contribution is 7.47. The Hall–Kier alpha value is -1.94. The van der Waals surface area contributed by atoms with Crippen molar-refractivity contribution in [2.45, 2.75) is 426 Å². The predicted octanol–water partition coefficient (Wildman–Crippen LogP) is 23.4. The number of aliphatic hydroxyl groups excluding tert-OH is 1. The van der Waals surface area contributed by atoms with Crippen molar-refractivity contribution in [1.82, 2.24) is 0 Å².